The first kappa shape index (κ1) is 21.3. The molecule has 4 rings (SSSR count). The molecule has 0 spiro atoms. The van der Waals surface area contributed by atoms with Crippen LogP contribution in [0.25, 0.3) is 5.76 Å². The van der Waals surface area contributed by atoms with Gasteiger partial charge in [-0.2, -0.15) is 0 Å². The molecule has 1 aromatic heterocycles. The summed E-state index contributed by atoms with van der Waals surface area (Å²) in [5, 5.41) is 11.6. The molecule has 0 bridgehead atoms. The number of hydrogen-bond donors (Lipinski definition) is 1. The highest BCUT2D eigenvalue weighted by atomic mass is 35.5. The first-order valence-corrected chi connectivity index (χ1v) is 10.2. The second-order valence-corrected chi connectivity index (χ2v) is 7.47. The maximum atomic E-state index is 13.1. The van der Waals surface area contributed by atoms with E-state index in [1.165, 1.54) is 11.1 Å². The van der Waals surface area contributed by atoms with Gasteiger partial charge in [-0.05, 0) is 54.1 Å². The normalized spacial score (nSPS) is 17.4. The van der Waals surface area contributed by atoms with Crippen LogP contribution >= 0.6 is 11.6 Å². The smallest absolute Gasteiger partial charge is 0.301 e. The standard InChI is InChI=1S/C25H19ClN2O4/c1-2-14-32-19-11-9-16(10-12-19)23(29)21-22(17-6-5-7-18(26)15-17)28(25(31)24(21)30)20-8-3-4-13-27-20/h2-13,15,22,29H,1,14H2/b23-21+/t22-/m1/s1. The van der Waals surface area contributed by atoms with Crippen molar-refractivity contribution >= 4 is 34.9 Å². The van der Waals surface area contributed by atoms with Gasteiger partial charge in [0.05, 0.1) is 11.6 Å². The summed E-state index contributed by atoms with van der Waals surface area (Å²) in [6.07, 6.45) is 3.16. The van der Waals surface area contributed by atoms with Gasteiger partial charge in [-0.3, -0.25) is 14.5 Å². The Labute approximate surface area is 190 Å². The maximum absolute atomic E-state index is 13.1. The number of pyridine rings is 1. The summed E-state index contributed by atoms with van der Waals surface area (Å²) in [6, 6.07) is 17.6. The monoisotopic (exact) mass is 446 g/mol. The molecule has 1 aliphatic rings. The third kappa shape index (κ3) is 4.00. The van der Waals surface area contributed by atoms with Gasteiger partial charge in [-0.25, -0.2) is 4.98 Å². The second-order valence-electron chi connectivity index (χ2n) is 7.04. The zero-order chi connectivity index (χ0) is 22.7. The summed E-state index contributed by atoms with van der Waals surface area (Å²) < 4.78 is 5.46. The molecular weight excluding hydrogens is 428 g/mol. The number of carbonyl (C=O) groups excluding carboxylic acids is 2. The van der Waals surface area contributed by atoms with Crippen LogP contribution in [-0.2, 0) is 9.59 Å². The van der Waals surface area contributed by atoms with E-state index in [-0.39, 0.29) is 11.3 Å². The lowest BCUT2D eigenvalue weighted by molar-refractivity contribution is -0.132. The molecule has 0 aliphatic carbocycles. The topological polar surface area (TPSA) is 79.7 Å². The Balaban J connectivity index is 1.85. The minimum Gasteiger partial charge on any atom is -0.507 e. The highest BCUT2D eigenvalue weighted by molar-refractivity contribution is 6.51. The van der Waals surface area contributed by atoms with Crippen LogP contribution in [0.3, 0.4) is 0 Å². The molecule has 1 amide bonds. The van der Waals surface area contributed by atoms with E-state index in [2.05, 4.69) is 11.6 Å². The minimum atomic E-state index is -0.889. The highest BCUT2D eigenvalue weighted by Gasteiger charge is 2.47. The lowest BCUT2D eigenvalue weighted by Crippen LogP contribution is -2.30. The number of nitrogens with zero attached hydrogens (tertiary/aromatic N) is 2. The van der Waals surface area contributed by atoms with E-state index in [9.17, 15) is 14.7 Å². The molecule has 32 heavy (non-hydrogen) atoms. The number of carbonyl (C=O) groups is 2. The number of aromatic nitrogens is 1. The minimum absolute atomic E-state index is 0.0392. The molecule has 2 aromatic carbocycles. The average Bonchev–Trinajstić information content (AvgIpc) is 3.08. The molecule has 3 aromatic rings. The van der Waals surface area contributed by atoms with Crippen LogP contribution in [0.4, 0.5) is 5.82 Å². The largest absolute Gasteiger partial charge is 0.507 e. The van der Waals surface area contributed by atoms with Crippen molar-refractivity contribution in [2.24, 2.45) is 0 Å². The summed E-state index contributed by atoms with van der Waals surface area (Å²) in [4.78, 5) is 31.6. The number of Topliss-reactive ketones (excluding diaryl/α,β-unsaturated/α-hetero) is 1. The van der Waals surface area contributed by atoms with Crippen molar-refractivity contribution in [1.29, 1.82) is 0 Å². The number of benzene rings is 2. The number of hydrogen-bond acceptors (Lipinski definition) is 5. The molecule has 0 radical (unpaired) electrons. The number of ketones is 1. The predicted molar refractivity (Wildman–Crippen MR) is 123 cm³/mol. The average molecular weight is 447 g/mol. The van der Waals surface area contributed by atoms with Gasteiger partial charge in [-0.1, -0.05) is 42.5 Å². The van der Waals surface area contributed by atoms with E-state index in [0.29, 0.717) is 34.3 Å². The zero-order valence-electron chi connectivity index (χ0n) is 16.9. The highest BCUT2D eigenvalue weighted by Crippen LogP contribution is 2.42. The Hall–Kier alpha value is -3.90. The Bertz CT molecular complexity index is 1210. The summed E-state index contributed by atoms with van der Waals surface area (Å²) in [7, 11) is 0. The van der Waals surface area contributed by atoms with E-state index in [1.807, 2.05) is 0 Å². The zero-order valence-corrected chi connectivity index (χ0v) is 17.7. The van der Waals surface area contributed by atoms with Gasteiger partial charge in [0.25, 0.3) is 5.78 Å². The van der Waals surface area contributed by atoms with E-state index in [0.717, 1.165) is 0 Å². The molecule has 6 nitrogen and oxygen atoms in total. The van der Waals surface area contributed by atoms with E-state index in [1.54, 1.807) is 72.8 Å². The number of halogens is 1. The Kier molecular flexibility index (Phi) is 6.05. The molecule has 2 heterocycles. The van der Waals surface area contributed by atoms with Crippen LogP contribution in [-0.4, -0.2) is 28.4 Å². The number of aliphatic hydroxyl groups excluding tert-OH is 1. The van der Waals surface area contributed by atoms with Crippen LogP contribution in [0.15, 0.2) is 91.2 Å². The number of rotatable bonds is 6. The lowest BCUT2D eigenvalue weighted by atomic mass is 9.95. The quantitative estimate of drug-likeness (QED) is 0.251. The molecule has 1 N–H and O–H groups in total. The van der Waals surface area contributed by atoms with Crippen molar-refractivity contribution in [2.45, 2.75) is 6.04 Å². The van der Waals surface area contributed by atoms with E-state index in [4.69, 9.17) is 16.3 Å². The molecule has 160 valence electrons. The third-order valence-electron chi connectivity index (χ3n) is 5.00. The van der Waals surface area contributed by atoms with E-state index >= 15 is 0 Å². The fourth-order valence-corrected chi connectivity index (χ4v) is 3.78. The Morgan fingerprint density at radius 1 is 1.12 bits per heavy atom. The molecule has 1 saturated heterocycles. The summed E-state index contributed by atoms with van der Waals surface area (Å²) in [5.74, 6) is -0.984. The predicted octanol–water partition coefficient (Wildman–Crippen LogP) is 4.93. The summed E-state index contributed by atoms with van der Waals surface area (Å²) in [5.41, 5.74) is 0.916. The van der Waals surface area contributed by atoms with Gasteiger partial charge in [0.2, 0.25) is 0 Å². The van der Waals surface area contributed by atoms with Crippen molar-refractivity contribution in [3.63, 3.8) is 0 Å². The SMILES string of the molecule is C=CCOc1ccc(/C(O)=C2\C(=O)C(=O)N(c3ccccn3)[C@@H]2c2cccc(Cl)c2)cc1. The fraction of sp³-hybridized carbons (Fsp3) is 0.0800. The molecule has 1 aliphatic heterocycles. The van der Waals surface area contributed by atoms with Gasteiger partial charge in [0.1, 0.15) is 23.9 Å². The third-order valence-corrected chi connectivity index (χ3v) is 5.24. The fourth-order valence-electron chi connectivity index (χ4n) is 3.58. The van der Waals surface area contributed by atoms with Gasteiger partial charge in [0.15, 0.2) is 0 Å². The van der Waals surface area contributed by atoms with Crippen molar-refractivity contribution < 1.29 is 19.4 Å². The molecule has 1 atom stereocenters. The van der Waals surface area contributed by atoms with Crippen molar-refractivity contribution in [3.8, 4) is 5.75 Å². The summed E-state index contributed by atoms with van der Waals surface area (Å²) >= 11 is 6.19. The number of anilines is 1. The molecule has 1 fully saturated rings. The summed E-state index contributed by atoms with van der Waals surface area (Å²) in [6.45, 7) is 3.95. The Morgan fingerprint density at radius 2 is 1.91 bits per heavy atom. The van der Waals surface area contributed by atoms with Crippen LogP contribution < -0.4 is 9.64 Å². The van der Waals surface area contributed by atoms with Gasteiger partial charge < -0.3 is 9.84 Å². The van der Waals surface area contributed by atoms with Crippen molar-refractivity contribution in [3.05, 3.63) is 107 Å². The van der Waals surface area contributed by atoms with Crippen LogP contribution in [0.1, 0.15) is 17.2 Å². The van der Waals surface area contributed by atoms with Gasteiger partial charge in [-0.15, -0.1) is 0 Å². The van der Waals surface area contributed by atoms with Crippen LogP contribution in [0, 0.1) is 0 Å². The first-order valence-electron chi connectivity index (χ1n) is 9.83. The number of amides is 1. The number of aliphatic hydroxyl groups is 1. The maximum Gasteiger partial charge on any atom is 0.301 e. The van der Waals surface area contributed by atoms with Gasteiger partial charge in [0, 0.05) is 16.8 Å². The van der Waals surface area contributed by atoms with Crippen molar-refractivity contribution in [2.75, 3.05) is 11.5 Å². The lowest BCUT2D eigenvalue weighted by Gasteiger charge is -2.24. The number of ether oxygens (including phenoxy) is 1. The molecule has 0 saturated carbocycles. The molecule has 7 heteroatoms. The first-order chi connectivity index (χ1) is 15.5. The van der Waals surface area contributed by atoms with E-state index < -0.39 is 17.7 Å². The van der Waals surface area contributed by atoms with Crippen molar-refractivity contribution in [1.82, 2.24) is 4.98 Å². The molecular formula is C25H19ClN2O4. The Morgan fingerprint density at radius 3 is 2.56 bits per heavy atom. The van der Waals surface area contributed by atoms with Crippen LogP contribution in [0.2, 0.25) is 5.02 Å². The molecule has 0 unspecified atom stereocenters. The second kappa shape index (κ2) is 9.08. The van der Waals surface area contributed by atoms with Crippen LogP contribution in [0.5, 0.6) is 5.75 Å². The van der Waals surface area contributed by atoms with Gasteiger partial charge >= 0.3 is 5.91 Å².